The van der Waals surface area contributed by atoms with Crippen LogP contribution in [0.4, 0.5) is 5.69 Å². The van der Waals surface area contributed by atoms with Gasteiger partial charge in [-0.1, -0.05) is 15.9 Å². The van der Waals surface area contributed by atoms with Crippen LogP contribution in [0.1, 0.15) is 39.3 Å². The highest BCUT2D eigenvalue weighted by molar-refractivity contribution is 9.10. The predicted molar refractivity (Wildman–Crippen MR) is 83.9 cm³/mol. The lowest BCUT2D eigenvalue weighted by Gasteiger charge is -2.49. The van der Waals surface area contributed by atoms with Crippen molar-refractivity contribution in [1.29, 1.82) is 0 Å². The van der Waals surface area contributed by atoms with E-state index in [0.717, 1.165) is 10.0 Å². The van der Waals surface area contributed by atoms with Gasteiger partial charge in [-0.3, -0.25) is 9.59 Å². The topological polar surface area (TPSA) is 69.6 Å². The van der Waals surface area contributed by atoms with Gasteiger partial charge < -0.3 is 15.3 Å². The molecule has 114 valence electrons. The smallest absolute Gasteiger partial charge is 0.224 e. The number of anilines is 1. The number of rotatable bonds is 1. The minimum absolute atomic E-state index is 0.149. The number of hydrogen-bond donors (Lipinski definition) is 2. The summed E-state index contributed by atoms with van der Waals surface area (Å²) in [5.74, 6) is -0.374. The van der Waals surface area contributed by atoms with Gasteiger partial charge in [0.05, 0.1) is 11.6 Å². The Balaban J connectivity index is 2.66. The molecule has 1 aromatic carbocycles. The minimum atomic E-state index is -0.910. The lowest BCUT2D eigenvalue weighted by molar-refractivity contribution is -0.121. The van der Waals surface area contributed by atoms with Crippen molar-refractivity contribution in [2.75, 3.05) is 4.90 Å². The molecule has 21 heavy (non-hydrogen) atoms. The fourth-order valence-corrected chi connectivity index (χ4v) is 3.33. The standard InChI is InChI=1S/C15H19BrN2O3/c1-8(19)17-13-11-7-10(16)5-6-12(11)18(9(2)20)15(3,4)14(13)21/h5-7,13-14,21H,1-4H3,(H,17,19)/t13-,14+/m1/s1. The molecule has 1 aliphatic rings. The second-order valence-electron chi connectivity index (χ2n) is 5.83. The minimum Gasteiger partial charge on any atom is -0.388 e. The van der Waals surface area contributed by atoms with Crippen molar-refractivity contribution in [2.24, 2.45) is 0 Å². The van der Waals surface area contributed by atoms with Gasteiger partial charge in [-0.2, -0.15) is 0 Å². The van der Waals surface area contributed by atoms with Crippen LogP contribution in [-0.4, -0.2) is 28.6 Å². The Hall–Kier alpha value is -1.40. The van der Waals surface area contributed by atoms with Crippen molar-refractivity contribution >= 4 is 33.4 Å². The summed E-state index contributed by atoms with van der Waals surface area (Å²) in [5, 5.41) is 13.5. The number of aliphatic hydroxyl groups is 1. The van der Waals surface area contributed by atoms with E-state index in [0.29, 0.717) is 5.69 Å². The van der Waals surface area contributed by atoms with Crippen molar-refractivity contribution in [2.45, 2.75) is 45.4 Å². The molecule has 1 aromatic rings. The van der Waals surface area contributed by atoms with E-state index in [9.17, 15) is 14.7 Å². The van der Waals surface area contributed by atoms with Crippen LogP contribution in [0.2, 0.25) is 0 Å². The van der Waals surface area contributed by atoms with Crippen LogP contribution in [-0.2, 0) is 9.59 Å². The van der Waals surface area contributed by atoms with Crippen LogP contribution in [0.25, 0.3) is 0 Å². The molecule has 2 N–H and O–H groups in total. The maximum Gasteiger partial charge on any atom is 0.224 e. The molecule has 2 amide bonds. The van der Waals surface area contributed by atoms with Gasteiger partial charge >= 0.3 is 0 Å². The highest BCUT2D eigenvalue weighted by Crippen LogP contribution is 2.43. The van der Waals surface area contributed by atoms with Gasteiger partial charge in [0.1, 0.15) is 6.10 Å². The molecule has 0 bridgehead atoms. The molecular weight excluding hydrogens is 336 g/mol. The van der Waals surface area contributed by atoms with Crippen LogP contribution < -0.4 is 10.2 Å². The molecule has 1 heterocycles. The van der Waals surface area contributed by atoms with E-state index in [1.807, 2.05) is 18.2 Å². The van der Waals surface area contributed by atoms with E-state index < -0.39 is 17.7 Å². The highest BCUT2D eigenvalue weighted by atomic mass is 79.9. The molecule has 0 saturated carbocycles. The zero-order valence-electron chi connectivity index (χ0n) is 12.5. The van der Waals surface area contributed by atoms with Crippen molar-refractivity contribution in [3.8, 4) is 0 Å². The third-order valence-electron chi connectivity index (χ3n) is 3.86. The largest absolute Gasteiger partial charge is 0.388 e. The number of benzene rings is 1. The summed E-state index contributed by atoms with van der Waals surface area (Å²) >= 11 is 3.39. The van der Waals surface area contributed by atoms with Crippen LogP contribution in [0.5, 0.6) is 0 Å². The van der Waals surface area contributed by atoms with E-state index >= 15 is 0 Å². The summed E-state index contributed by atoms with van der Waals surface area (Å²) in [7, 11) is 0. The van der Waals surface area contributed by atoms with Gasteiger partial charge in [0, 0.05) is 29.6 Å². The van der Waals surface area contributed by atoms with E-state index in [1.54, 1.807) is 18.7 Å². The molecule has 0 saturated heterocycles. The van der Waals surface area contributed by atoms with Crippen LogP contribution >= 0.6 is 15.9 Å². The predicted octanol–water partition coefficient (Wildman–Crippen LogP) is 2.13. The van der Waals surface area contributed by atoms with Gasteiger partial charge in [0.2, 0.25) is 11.8 Å². The van der Waals surface area contributed by atoms with Crippen molar-refractivity contribution in [1.82, 2.24) is 5.32 Å². The fraction of sp³-hybridized carbons (Fsp3) is 0.467. The van der Waals surface area contributed by atoms with Gasteiger partial charge in [-0.25, -0.2) is 0 Å². The molecule has 0 aromatic heterocycles. The number of nitrogens with zero attached hydrogens (tertiary/aromatic N) is 1. The van der Waals surface area contributed by atoms with Gasteiger partial charge in [0.25, 0.3) is 0 Å². The first kappa shape index (κ1) is 16.0. The second-order valence-corrected chi connectivity index (χ2v) is 6.75. The van der Waals surface area contributed by atoms with E-state index in [2.05, 4.69) is 21.2 Å². The average molecular weight is 355 g/mol. The Labute approximate surface area is 132 Å². The number of hydrogen-bond acceptors (Lipinski definition) is 3. The fourth-order valence-electron chi connectivity index (χ4n) is 2.95. The van der Waals surface area contributed by atoms with Crippen molar-refractivity contribution < 1.29 is 14.7 Å². The summed E-state index contributed by atoms with van der Waals surface area (Å²) in [5.41, 5.74) is 0.612. The van der Waals surface area contributed by atoms with Crippen LogP contribution in [0.3, 0.4) is 0 Å². The lowest BCUT2D eigenvalue weighted by atomic mass is 9.80. The molecule has 5 nitrogen and oxygen atoms in total. The summed E-state index contributed by atoms with van der Waals surface area (Å²) in [6.45, 7) is 6.46. The molecule has 1 aliphatic heterocycles. The number of fused-ring (bicyclic) bond motifs is 1. The zero-order valence-corrected chi connectivity index (χ0v) is 14.1. The third kappa shape index (κ3) is 2.70. The SMILES string of the molecule is CC(=O)N[C@@H]1c2cc(Br)ccc2N(C(C)=O)C(C)(C)[C@H]1O. The first-order chi connectivity index (χ1) is 9.66. The summed E-state index contributed by atoms with van der Waals surface area (Å²) < 4.78 is 0.826. The first-order valence-corrected chi connectivity index (χ1v) is 7.51. The van der Waals surface area contributed by atoms with Crippen LogP contribution in [0.15, 0.2) is 22.7 Å². The summed E-state index contributed by atoms with van der Waals surface area (Å²) in [6.07, 6.45) is -0.910. The van der Waals surface area contributed by atoms with E-state index in [-0.39, 0.29) is 11.8 Å². The van der Waals surface area contributed by atoms with Crippen molar-refractivity contribution in [3.05, 3.63) is 28.2 Å². The Morgan fingerprint density at radius 3 is 2.48 bits per heavy atom. The Bertz CT molecular complexity index is 601. The summed E-state index contributed by atoms with van der Waals surface area (Å²) in [4.78, 5) is 25.1. The normalized spacial score (nSPS) is 23.4. The number of carbonyl (C=O) groups excluding carboxylic acids is 2. The molecule has 2 atom stereocenters. The van der Waals surface area contributed by atoms with Gasteiger partial charge in [-0.15, -0.1) is 0 Å². The number of halogens is 1. The van der Waals surface area contributed by atoms with Gasteiger partial charge in [0.15, 0.2) is 0 Å². The quantitative estimate of drug-likeness (QED) is 0.811. The molecule has 0 radical (unpaired) electrons. The number of aliphatic hydroxyl groups excluding tert-OH is 1. The molecule has 2 rings (SSSR count). The second kappa shape index (κ2) is 5.42. The highest BCUT2D eigenvalue weighted by Gasteiger charge is 2.47. The molecular formula is C15H19BrN2O3. The van der Waals surface area contributed by atoms with Crippen LogP contribution in [0, 0.1) is 0 Å². The van der Waals surface area contributed by atoms with E-state index in [4.69, 9.17) is 0 Å². The Kier molecular flexibility index (Phi) is 4.13. The maximum atomic E-state index is 12.1. The first-order valence-electron chi connectivity index (χ1n) is 6.71. The summed E-state index contributed by atoms with van der Waals surface area (Å²) in [6, 6.07) is 4.93. The zero-order chi connectivity index (χ0) is 15.9. The maximum absolute atomic E-state index is 12.1. The molecule has 6 heteroatoms. The Morgan fingerprint density at radius 2 is 1.95 bits per heavy atom. The van der Waals surface area contributed by atoms with Gasteiger partial charge in [-0.05, 0) is 32.0 Å². The molecule has 0 fully saturated rings. The lowest BCUT2D eigenvalue weighted by Crippen LogP contribution is -2.62. The number of amides is 2. The molecule has 0 aliphatic carbocycles. The molecule has 0 unspecified atom stereocenters. The third-order valence-corrected chi connectivity index (χ3v) is 4.35. The van der Waals surface area contributed by atoms with Crippen molar-refractivity contribution in [3.63, 3.8) is 0 Å². The molecule has 0 spiro atoms. The Morgan fingerprint density at radius 1 is 1.33 bits per heavy atom. The number of carbonyl (C=O) groups is 2. The monoisotopic (exact) mass is 354 g/mol. The number of nitrogens with one attached hydrogen (secondary N) is 1. The average Bonchev–Trinajstić information content (AvgIpc) is 2.35. The van der Waals surface area contributed by atoms with E-state index in [1.165, 1.54) is 13.8 Å².